The lowest BCUT2D eigenvalue weighted by molar-refractivity contribution is -0.132. The molecule has 2 rings (SSSR count). The van der Waals surface area contributed by atoms with Crippen LogP contribution in [0.25, 0.3) is 0 Å². The summed E-state index contributed by atoms with van der Waals surface area (Å²) in [6.45, 7) is 0.252. The molecule has 0 spiro atoms. The fourth-order valence-electron chi connectivity index (χ4n) is 2.10. The highest BCUT2D eigenvalue weighted by molar-refractivity contribution is 7.90. The monoisotopic (exact) mass is 314 g/mol. The van der Waals surface area contributed by atoms with E-state index in [0.29, 0.717) is 18.6 Å². The predicted octanol–water partition coefficient (Wildman–Crippen LogP) is 0.00640. The highest BCUT2D eigenvalue weighted by Gasteiger charge is 2.30. The molecule has 1 saturated heterocycles. The minimum atomic E-state index is -3.26. The fraction of sp³-hybridized carbons (Fsp3) is 0.462. The van der Waals surface area contributed by atoms with Gasteiger partial charge in [-0.2, -0.15) is 0 Å². The minimum Gasteiger partial charge on any atom is -0.491 e. The summed E-state index contributed by atoms with van der Waals surface area (Å²) < 4.78 is 34.0. The van der Waals surface area contributed by atoms with E-state index in [1.807, 2.05) is 0 Å². The van der Waals surface area contributed by atoms with E-state index in [9.17, 15) is 13.2 Å². The predicted molar refractivity (Wildman–Crippen MR) is 75.3 cm³/mol. The molecule has 1 aliphatic rings. The smallest absolute Gasteiger partial charge is 0.263 e. The van der Waals surface area contributed by atoms with Gasteiger partial charge >= 0.3 is 0 Å². The summed E-state index contributed by atoms with van der Waals surface area (Å²) in [4.78, 5) is 11.5. The Morgan fingerprint density at radius 2 is 2.24 bits per heavy atom. The quantitative estimate of drug-likeness (QED) is 0.450. The Morgan fingerprint density at radius 1 is 1.48 bits per heavy atom. The summed E-state index contributed by atoms with van der Waals surface area (Å²) >= 11 is 0. The van der Waals surface area contributed by atoms with Crippen molar-refractivity contribution >= 4 is 15.7 Å². The van der Waals surface area contributed by atoms with E-state index >= 15 is 0 Å². The van der Waals surface area contributed by atoms with Crippen LogP contribution in [-0.4, -0.2) is 39.4 Å². The van der Waals surface area contributed by atoms with Crippen molar-refractivity contribution in [1.29, 1.82) is 0 Å². The van der Waals surface area contributed by atoms with Crippen LogP contribution in [0.15, 0.2) is 29.2 Å². The highest BCUT2D eigenvalue weighted by Crippen LogP contribution is 2.22. The molecule has 0 bridgehead atoms. The van der Waals surface area contributed by atoms with Crippen LogP contribution in [0.1, 0.15) is 12.8 Å². The lowest BCUT2D eigenvalue weighted by Gasteiger charge is -2.14. The summed E-state index contributed by atoms with van der Waals surface area (Å²) in [6, 6.07) is 6.27. The van der Waals surface area contributed by atoms with Crippen molar-refractivity contribution in [2.75, 3.05) is 12.9 Å². The zero-order valence-electron chi connectivity index (χ0n) is 11.6. The molecule has 1 aromatic rings. The Labute approximate surface area is 123 Å². The van der Waals surface area contributed by atoms with Crippen molar-refractivity contribution in [3.8, 4) is 5.75 Å². The van der Waals surface area contributed by atoms with E-state index in [1.54, 1.807) is 12.1 Å². The molecule has 21 heavy (non-hydrogen) atoms. The molecule has 0 aromatic heterocycles. The second-order valence-electron chi connectivity index (χ2n) is 4.89. The number of rotatable bonds is 5. The van der Waals surface area contributed by atoms with Gasteiger partial charge in [0.25, 0.3) is 5.91 Å². The molecule has 116 valence electrons. The largest absolute Gasteiger partial charge is 0.491 e. The fourth-order valence-corrected chi connectivity index (χ4v) is 2.75. The standard InChI is InChI=1S/C13H18N2O5S/c1-21(17,18)11-4-2-3-9(7-11)19-8-10-5-6-12(20-10)13(16)15-14/h2-4,7,10,12H,5-6,8,14H2,1H3,(H,15,16). The molecule has 1 amide bonds. The molecule has 3 N–H and O–H groups in total. The molecule has 7 nitrogen and oxygen atoms in total. The first-order valence-electron chi connectivity index (χ1n) is 6.49. The number of benzene rings is 1. The average molecular weight is 314 g/mol. The Hall–Kier alpha value is -1.64. The maximum Gasteiger partial charge on any atom is 0.263 e. The molecule has 0 aliphatic carbocycles. The molecular formula is C13H18N2O5S. The zero-order valence-corrected chi connectivity index (χ0v) is 12.4. The number of sulfone groups is 1. The molecule has 1 fully saturated rings. The lowest BCUT2D eigenvalue weighted by Crippen LogP contribution is -2.39. The second kappa shape index (κ2) is 6.42. The van der Waals surface area contributed by atoms with Gasteiger partial charge < -0.3 is 9.47 Å². The second-order valence-corrected chi connectivity index (χ2v) is 6.91. The molecule has 2 unspecified atom stereocenters. The zero-order chi connectivity index (χ0) is 15.5. The molecule has 0 saturated carbocycles. The van der Waals surface area contributed by atoms with Gasteiger partial charge in [-0.15, -0.1) is 0 Å². The average Bonchev–Trinajstić information content (AvgIpc) is 2.92. The lowest BCUT2D eigenvalue weighted by atomic mass is 10.2. The number of nitrogens with one attached hydrogen (secondary N) is 1. The van der Waals surface area contributed by atoms with Crippen LogP contribution in [0.2, 0.25) is 0 Å². The third-order valence-corrected chi connectivity index (χ3v) is 4.32. The first-order valence-corrected chi connectivity index (χ1v) is 8.38. The van der Waals surface area contributed by atoms with Gasteiger partial charge in [-0.25, -0.2) is 14.3 Å². The van der Waals surface area contributed by atoms with Gasteiger partial charge in [-0.05, 0) is 31.0 Å². The third-order valence-electron chi connectivity index (χ3n) is 3.21. The number of hydrazine groups is 1. The van der Waals surface area contributed by atoms with Crippen LogP contribution in [0.3, 0.4) is 0 Å². The van der Waals surface area contributed by atoms with E-state index in [1.165, 1.54) is 12.1 Å². The van der Waals surface area contributed by atoms with Crippen LogP contribution >= 0.6 is 0 Å². The van der Waals surface area contributed by atoms with Gasteiger partial charge in [-0.1, -0.05) is 6.07 Å². The Bertz CT molecular complexity index is 617. The van der Waals surface area contributed by atoms with Crippen molar-refractivity contribution < 1.29 is 22.7 Å². The topological polar surface area (TPSA) is 108 Å². The first kappa shape index (κ1) is 15.7. The molecular weight excluding hydrogens is 296 g/mol. The van der Waals surface area contributed by atoms with Gasteiger partial charge in [-0.3, -0.25) is 10.2 Å². The number of nitrogens with two attached hydrogens (primary N) is 1. The summed E-state index contributed by atoms with van der Waals surface area (Å²) in [5.74, 6) is 5.15. The summed E-state index contributed by atoms with van der Waals surface area (Å²) in [5.41, 5.74) is 2.05. The van der Waals surface area contributed by atoms with Gasteiger partial charge in [0, 0.05) is 6.26 Å². The van der Waals surface area contributed by atoms with Crippen molar-refractivity contribution in [3.63, 3.8) is 0 Å². The van der Waals surface area contributed by atoms with Gasteiger partial charge in [0.2, 0.25) is 0 Å². The Morgan fingerprint density at radius 3 is 2.90 bits per heavy atom. The molecule has 0 radical (unpaired) electrons. The number of amides is 1. The van der Waals surface area contributed by atoms with Crippen LogP contribution in [-0.2, 0) is 19.4 Å². The minimum absolute atomic E-state index is 0.202. The number of ether oxygens (including phenoxy) is 2. The SMILES string of the molecule is CS(=O)(=O)c1cccc(OCC2CCC(C(=O)NN)O2)c1. The number of hydrogen-bond donors (Lipinski definition) is 2. The third kappa shape index (κ3) is 4.16. The highest BCUT2D eigenvalue weighted by atomic mass is 32.2. The van der Waals surface area contributed by atoms with Crippen LogP contribution < -0.4 is 16.0 Å². The van der Waals surface area contributed by atoms with Crippen molar-refractivity contribution in [2.45, 2.75) is 29.9 Å². The van der Waals surface area contributed by atoms with E-state index in [2.05, 4.69) is 5.43 Å². The molecule has 1 aliphatic heterocycles. The summed E-state index contributed by atoms with van der Waals surface area (Å²) in [6.07, 6.45) is 1.65. The van der Waals surface area contributed by atoms with Crippen LogP contribution in [0.5, 0.6) is 5.75 Å². The van der Waals surface area contributed by atoms with Crippen LogP contribution in [0, 0.1) is 0 Å². The van der Waals surface area contributed by atoms with Gasteiger partial charge in [0.1, 0.15) is 18.5 Å². The molecule has 2 atom stereocenters. The molecule has 1 aromatic carbocycles. The number of hydrogen-bond acceptors (Lipinski definition) is 6. The molecule has 1 heterocycles. The summed E-state index contributed by atoms with van der Waals surface area (Å²) in [7, 11) is -3.26. The van der Waals surface area contributed by atoms with E-state index in [4.69, 9.17) is 15.3 Å². The Balaban J connectivity index is 1.91. The van der Waals surface area contributed by atoms with E-state index in [0.717, 1.165) is 6.26 Å². The van der Waals surface area contributed by atoms with Crippen molar-refractivity contribution in [3.05, 3.63) is 24.3 Å². The number of carbonyl (C=O) groups is 1. The normalized spacial score (nSPS) is 22.0. The molecule has 8 heteroatoms. The maximum atomic E-state index is 11.5. The van der Waals surface area contributed by atoms with Gasteiger partial charge in [0.05, 0.1) is 11.0 Å². The van der Waals surface area contributed by atoms with Crippen molar-refractivity contribution in [1.82, 2.24) is 5.43 Å². The van der Waals surface area contributed by atoms with Gasteiger partial charge in [0.15, 0.2) is 9.84 Å². The van der Waals surface area contributed by atoms with E-state index in [-0.39, 0.29) is 23.5 Å². The Kier molecular flexibility index (Phi) is 4.81. The maximum absolute atomic E-state index is 11.5. The summed E-state index contributed by atoms with van der Waals surface area (Å²) in [5, 5.41) is 0. The van der Waals surface area contributed by atoms with Crippen molar-refractivity contribution in [2.24, 2.45) is 5.84 Å². The van der Waals surface area contributed by atoms with Crippen LogP contribution in [0.4, 0.5) is 0 Å². The first-order chi connectivity index (χ1) is 9.90. The van der Waals surface area contributed by atoms with E-state index < -0.39 is 15.9 Å². The number of carbonyl (C=O) groups excluding carboxylic acids is 1.